The van der Waals surface area contributed by atoms with Crippen LogP contribution in [0.3, 0.4) is 0 Å². The maximum atomic E-state index is 10.5. The van der Waals surface area contributed by atoms with Crippen molar-refractivity contribution in [2.75, 3.05) is 0 Å². The third-order valence-electron chi connectivity index (χ3n) is 1.63. The Kier molecular flexibility index (Phi) is 5.26. The van der Waals surface area contributed by atoms with E-state index in [0.717, 1.165) is 12.6 Å². The standard InChI is InChI=1S/C14H16O2/c1-13(2,11-15)9-7-5-6-8-10-14(3,4)12-16/h5-6,11-12H,1-4H3/b6-5-. The highest BCUT2D eigenvalue weighted by Gasteiger charge is 2.11. The Bertz CT molecular complexity index is 363. The van der Waals surface area contributed by atoms with Crippen molar-refractivity contribution >= 4 is 12.6 Å². The summed E-state index contributed by atoms with van der Waals surface area (Å²) in [5, 5.41) is 0. The normalized spacial score (nSPS) is 11.0. The van der Waals surface area contributed by atoms with E-state index in [-0.39, 0.29) is 0 Å². The van der Waals surface area contributed by atoms with Crippen LogP contribution in [0.1, 0.15) is 27.7 Å². The van der Waals surface area contributed by atoms with E-state index in [9.17, 15) is 9.59 Å². The molecular weight excluding hydrogens is 200 g/mol. The number of rotatable bonds is 2. The first-order valence-electron chi connectivity index (χ1n) is 4.96. The summed E-state index contributed by atoms with van der Waals surface area (Å²) in [6.45, 7) is 6.95. The maximum absolute atomic E-state index is 10.5. The van der Waals surface area contributed by atoms with Gasteiger partial charge in [0, 0.05) is 0 Å². The molecule has 2 heteroatoms. The van der Waals surface area contributed by atoms with E-state index < -0.39 is 10.8 Å². The van der Waals surface area contributed by atoms with Crippen molar-refractivity contribution in [2.24, 2.45) is 10.8 Å². The molecule has 0 aliphatic rings. The fourth-order valence-corrected chi connectivity index (χ4v) is 0.598. The lowest BCUT2D eigenvalue weighted by molar-refractivity contribution is -0.113. The quantitative estimate of drug-likeness (QED) is 0.522. The van der Waals surface area contributed by atoms with E-state index in [1.807, 2.05) is 0 Å². The minimum absolute atomic E-state index is 0.625. The number of carbonyl (C=O) groups excluding carboxylic acids is 2. The van der Waals surface area contributed by atoms with Crippen LogP contribution >= 0.6 is 0 Å². The van der Waals surface area contributed by atoms with Crippen LogP contribution in [0.25, 0.3) is 0 Å². The summed E-state index contributed by atoms with van der Waals surface area (Å²) in [6.07, 6.45) is 4.74. The van der Waals surface area contributed by atoms with Crippen molar-refractivity contribution < 1.29 is 9.59 Å². The SMILES string of the molecule is CC(C)(C#C/C=C\C#CC(C)(C)C=O)C=O. The molecule has 0 aromatic heterocycles. The van der Waals surface area contributed by atoms with Gasteiger partial charge in [-0.1, -0.05) is 23.7 Å². The number of carbonyl (C=O) groups is 2. The largest absolute Gasteiger partial charge is 0.302 e. The molecule has 0 spiro atoms. The van der Waals surface area contributed by atoms with Crippen molar-refractivity contribution in [1.82, 2.24) is 0 Å². The summed E-state index contributed by atoms with van der Waals surface area (Å²) in [7, 11) is 0. The van der Waals surface area contributed by atoms with Gasteiger partial charge in [-0.05, 0) is 39.8 Å². The summed E-state index contributed by atoms with van der Waals surface area (Å²) in [4.78, 5) is 21.0. The van der Waals surface area contributed by atoms with Crippen LogP contribution < -0.4 is 0 Å². The van der Waals surface area contributed by atoms with Gasteiger partial charge in [0.1, 0.15) is 12.6 Å². The summed E-state index contributed by atoms with van der Waals surface area (Å²) in [5.74, 6) is 11.0. The van der Waals surface area contributed by atoms with Crippen LogP contribution in [-0.4, -0.2) is 12.6 Å². The van der Waals surface area contributed by atoms with E-state index in [2.05, 4.69) is 23.7 Å². The highest BCUT2D eigenvalue weighted by Crippen LogP contribution is 2.08. The van der Waals surface area contributed by atoms with E-state index in [4.69, 9.17) is 0 Å². The summed E-state index contributed by atoms with van der Waals surface area (Å²) >= 11 is 0. The monoisotopic (exact) mass is 216 g/mol. The molecule has 0 saturated carbocycles. The first kappa shape index (κ1) is 14.2. The number of hydrogen-bond donors (Lipinski definition) is 0. The lowest BCUT2D eigenvalue weighted by Crippen LogP contribution is -2.08. The minimum atomic E-state index is -0.625. The van der Waals surface area contributed by atoms with Gasteiger partial charge in [0.25, 0.3) is 0 Å². The zero-order valence-corrected chi connectivity index (χ0v) is 10.1. The van der Waals surface area contributed by atoms with Crippen molar-refractivity contribution in [1.29, 1.82) is 0 Å². The first-order valence-corrected chi connectivity index (χ1v) is 4.96. The van der Waals surface area contributed by atoms with Gasteiger partial charge in [-0.3, -0.25) is 0 Å². The molecule has 0 aliphatic carbocycles. The second-order valence-corrected chi connectivity index (χ2v) is 4.55. The van der Waals surface area contributed by atoms with Crippen LogP contribution in [0.5, 0.6) is 0 Å². The Morgan fingerprint density at radius 1 is 0.750 bits per heavy atom. The summed E-state index contributed by atoms with van der Waals surface area (Å²) in [6, 6.07) is 0. The van der Waals surface area contributed by atoms with Crippen LogP contribution in [0.2, 0.25) is 0 Å². The number of hydrogen-bond acceptors (Lipinski definition) is 2. The summed E-state index contributed by atoms with van der Waals surface area (Å²) < 4.78 is 0. The first-order chi connectivity index (χ1) is 7.33. The molecule has 0 bridgehead atoms. The van der Waals surface area contributed by atoms with Crippen molar-refractivity contribution in [2.45, 2.75) is 27.7 Å². The Morgan fingerprint density at radius 2 is 1.06 bits per heavy atom. The molecular formula is C14H16O2. The lowest BCUT2D eigenvalue weighted by Gasteiger charge is -2.04. The zero-order chi connectivity index (χ0) is 12.7. The number of aldehydes is 2. The van der Waals surface area contributed by atoms with Crippen molar-refractivity contribution in [3.63, 3.8) is 0 Å². The van der Waals surface area contributed by atoms with E-state index in [1.165, 1.54) is 0 Å². The molecule has 0 aromatic carbocycles. The predicted molar refractivity (Wildman–Crippen MR) is 64.4 cm³/mol. The van der Waals surface area contributed by atoms with E-state index >= 15 is 0 Å². The molecule has 0 aromatic rings. The fourth-order valence-electron chi connectivity index (χ4n) is 0.598. The third-order valence-corrected chi connectivity index (χ3v) is 1.63. The molecule has 0 rings (SSSR count). The molecule has 0 heterocycles. The van der Waals surface area contributed by atoms with Gasteiger partial charge in [0.15, 0.2) is 0 Å². The second kappa shape index (κ2) is 5.93. The zero-order valence-electron chi connectivity index (χ0n) is 10.1. The van der Waals surface area contributed by atoms with Crippen LogP contribution in [-0.2, 0) is 9.59 Å². The topological polar surface area (TPSA) is 34.1 Å². The van der Waals surface area contributed by atoms with Gasteiger partial charge in [-0.25, -0.2) is 0 Å². The Labute approximate surface area is 97.1 Å². The Morgan fingerprint density at radius 3 is 1.31 bits per heavy atom. The molecule has 0 fully saturated rings. The minimum Gasteiger partial charge on any atom is -0.302 e. The van der Waals surface area contributed by atoms with Gasteiger partial charge < -0.3 is 9.59 Å². The van der Waals surface area contributed by atoms with Crippen LogP contribution in [0.15, 0.2) is 12.2 Å². The molecule has 0 N–H and O–H groups in total. The summed E-state index contributed by atoms with van der Waals surface area (Å²) in [5.41, 5.74) is -1.25. The molecule has 0 saturated heterocycles. The van der Waals surface area contributed by atoms with Gasteiger partial charge >= 0.3 is 0 Å². The number of allylic oxidation sites excluding steroid dienone is 2. The van der Waals surface area contributed by atoms with Crippen molar-refractivity contribution in [3.8, 4) is 23.7 Å². The van der Waals surface area contributed by atoms with Crippen LogP contribution in [0, 0.1) is 34.5 Å². The van der Waals surface area contributed by atoms with Gasteiger partial charge in [0.2, 0.25) is 0 Å². The predicted octanol–water partition coefficient (Wildman–Crippen LogP) is 2.00. The van der Waals surface area contributed by atoms with Crippen LogP contribution in [0.4, 0.5) is 0 Å². The highest BCUT2D eigenvalue weighted by molar-refractivity contribution is 5.64. The highest BCUT2D eigenvalue weighted by atomic mass is 16.1. The molecule has 2 nitrogen and oxygen atoms in total. The fraction of sp³-hybridized carbons (Fsp3) is 0.429. The van der Waals surface area contributed by atoms with E-state index in [0.29, 0.717) is 0 Å². The second-order valence-electron chi connectivity index (χ2n) is 4.55. The molecule has 16 heavy (non-hydrogen) atoms. The van der Waals surface area contributed by atoms with Gasteiger partial charge in [-0.2, -0.15) is 0 Å². The average molecular weight is 216 g/mol. The van der Waals surface area contributed by atoms with Gasteiger partial charge in [-0.15, -0.1) is 0 Å². The molecule has 0 radical (unpaired) electrons. The third kappa shape index (κ3) is 6.62. The van der Waals surface area contributed by atoms with E-state index in [1.54, 1.807) is 39.8 Å². The Balaban J connectivity index is 4.45. The molecule has 84 valence electrons. The molecule has 0 unspecified atom stereocenters. The smallest absolute Gasteiger partial charge is 0.137 e. The molecule has 0 aliphatic heterocycles. The van der Waals surface area contributed by atoms with Gasteiger partial charge in [0.05, 0.1) is 10.8 Å². The lowest BCUT2D eigenvalue weighted by atomic mass is 9.97. The molecule has 0 amide bonds. The molecule has 0 atom stereocenters. The van der Waals surface area contributed by atoms with Crippen molar-refractivity contribution in [3.05, 3.63) is 12.2 Å². The Hall–Kier alpha value is -1.80. The average Bonchev–Trinajstić information content (AvgIpc) is 2.23. The maximum Gasteiger partial charge on any atom is 0.137 e.